The number of benzene rings is 1. The fraction of sp³-hybridized carbons (Fsp3) is 0.419. The first-order valence-corrected chi connectivity index (χ1v) is 16.4. The van der Waals surface area contributed by atoms with Crippen molar-refractivity contribution in [3.8, 4) is 11.1 Å². The summed E-state index contributed by atoms with van der Waals surface area (Å²) in [5.41, 5.74) is -1.48. The van der Waals surface area contributed by atoms with Crippen LogP contribution < -0.4 is 16.1 Å². The van der Waals surface area contributed by atoms with Crippen LogP contribution in [0.1, 0.15) is 38.7 Å². The highest BCUT2D eigenvalue weighted by molar-refractivity contribution is 7.99. The highest BCUT2D eigenvalue weighted by Gasteiger charge is 2.44. The minimum atomic E-state index is -4.76. The molecule has 44 heavy (non-hydrogen) atoms. The van der Waals surface area contributed by atoms with Gasteiger partial charge in [-0.3, -0.25) is 14.2 Å². The number of hydrogen-bond donors (Lipinski definition) is 1. The van der Waals surface area contributed by atoms with Crippen LogP contribution in [0.25, 0.3) is 32.1 Å². The van der Waals surface area contributed by atoms with Gasteiger partial charge in [0.25, 0.3) is 5.56 Å². The molecule has 0 unspecified atom stereocenters. The summed E-state index contributed by atoms with van der Waals surface area (Å²) in [5.74, 6) is 0.513. The van der Waals surface area contributed by atoms with E-state index in [0.717, 1.165) is 25.3 Å². The van der Waals surface area contributed by atoms with E-state index < -0.39 is 23.0 Å². The standard InChI is InChI=1S/C31H30F3N5O3S2/c1-4-22(40)39-16(2)11-37(12-17(39)3)27-18-10-20(31(32,33)34)23(19-13-43-21-6-9-35-28(41)24(19)21)26-25(18)38(29(42)36-27)14-30(15-44-26)7-5-8-30/h4,6,9-10,13,16-17H,1,5,7-8,11-12,14-15H2,2-3H3,(H,35,41)/t16-,17+. The van der Waals surface area contributed by atoms with E-state index in [1.54, 1.807) is 20.9 Å². The van der Waals surface area contributed by atoms with Crippen LogP contribution in [0.4, 0.5) is 19.0 Å². The smallest absolute Gasteiger partial charge is 0.352 e. The van der Waals surface area contributed by atoms with Gasteiger partial charge in [0.1, 0.15) is 5.82 Å². The number of piperazine rings is 1. The summed E-state index contributed by atoms with van der Waals surface area (Å²) in [7, 11) is 0. The van der Waals surface area contributed by atoms with Crippen molar-refractivity contribution in [1.82, 2.24) is 19.4 Å². The van der Waals surface area contributed by atoms with Crippen molar-refractivity contribution >= 4 is 55.8 Å². The molecule has 7 rings (SSSR count). The van der Waals surface area contributed by atoms with E-state index in [2.05, 4.69) is 16.5 Å². The zero-order valence-electron chi connectivity index (χ0n) is 24.2. The third-order valence-corrected chi connectivity index (χ3v) is 11.7. The summed E-state index contributed by atoms with van der Waals surface area (Å²) >= 11 is 2.57. The first-order valence-electron chi connectivity index (χ1n) is 14.5. The lowest BCUT2D eigenvalue weighted by Crippen LogP contribution is -2.58. The number of alkyl halides is 3. The summed E-state index contributed by atoms with van der Waals surface area (Å²) < 4.78 is 47.6. The summed E-state index contributed by atoms with van der Waals surface area (Å²) in [6.07, 6.45) is 0.726. The summed E-state index contributed by atoms with van der Waals surface area (Å²) in [6.45, 7) is 8.27. The number of nitrogens with zero attached hydrogens (tertiary/aromatic N) is 4. The Morgan fingerprint density at radius 2 is 1.93 bits per heavy atom. The van der Waals surface area contributed by atoms with Crippen LogP contribution in [-0.4, -0.2) is 56.3 Å². The summed E-state index contributed by atoms with van der Waals surface area (Å²) in [6, 6.07) is 2.21. The Kier molecular flexibility index (Phi) is 6.78. The van der Waals surface area contributed by atoms with Gasteiger partial charge in [0.05, 0.1) is 16.5 Å². The Morgan fingerprint density at radius 1 is 1.20 bits per heavy atom. The van der Waals surface area contributed by atoms with Crippen molar-refractivity contribution in [2.24, 2.45) is 5.41 Å². The number of thioether (sulfide) groups is 1. The minimum Gasteiger partial charge on any atom is -0.352 e. The average Bonchev–Trinajstić information content (AvgIpc) is 3.29. The molecule has 5 heterocycles. The lowest BCUT2D eigenvalue weighted by atomic mass is 9.70. The van der Waals surface area contributed by atoms with Crippen LogP contribution in [0.2, 0.25) is 0 Å². The average molecular weight is 642 g/mol. The molecule has 1 N–H and O–H groups in total. The van der Waals surface area contributed by atoms with Crippen LogP contribution in [0.3, 0.4) is 0 Å². The first-order chi connectivity index (χ1) is 20.9. The molecule has 2 atom stereocenters. The van der Waals surface area contributed by atoms with Crippen molar-refractivity contribution in [2.75, 3.05) is 23.7 Å². The van der Waals surface area contributed by atoms with E-state index >= 15 is 13.2 Å². The van der Waals surface area contributed by atoms with E-state index in [1.807, 2.05) is 18.7 Å². The normalized spacial score (nSPS) is 21.5. The summed E-state index contributed by atoms with van der Waals surface area (Å²) in [5, 5.41) is 2.06. The number of aromatic amines is 1. The first kappa shape index (κ1) is 29.1. The molecule has 230 valence electrons. The molecule has 1 spiro atoms. The highest BCUT2D eigenvalue weighted by Crippen LogP contribution is 2.54. The fourth-order valence-corrected chi connectivity index (χ4v) is 9.71. The quantitative estimate of drug-likeness (QED) is 0.282. The number of aromatic nitrogens is 3. The molecule has 3 aliphatic rings. The number of pyridine rings is 1. The Labute approximate surface area is 258 Å². The van der Waals surface area contributed by atoms with Crippen LogP contribution in [0, 0.1) is 5.41 Å². The van der Waals surface area contributed by atoms with Crippen molar-refractivity contribution < 1.29 is 18.0 Å². The molecule has 4 aromatic rings. The number of carbonyl (C=O) groups excluding carboxylic acids is 1. The largest absolute Gasteiger partial charge is 0.417 e. The van der Waals surface area contributed by atoms with Gasteiger partial charge < -0.3 is 14.8 Å². The zero-order valence-corrected chi connectivity index (χ0v) is 25.8. The number of fused-ring (bicyclic) bond motifs is 1. The topological polar surface area (TPSA) is 91.3 Å². The molecular formula is C31H30F3N5O3S2. The van der Waals surface area contributed by atoms with Gasteiger partial charge in [-0.15, -0.1) is 23.1 Å². The Hall–Kier alpha value is -3.58. The number of rotatable bonds is 3. The maximum absolute atomic E-state index is 15.1. The molecule has 3 aromatic heterocycles. The number of hydrogen-bond acceptors (Lipinski definition) is 7. The van der Waals surface area contributed by atoms with E-state index in [9.17, 15) is 14.4 Å². The van der Waals surface area contributed by atoms with Gasteiger partial charge in [-0.2, -0.15) is 18.2 Å². The fourth-order valence-electron chi connectivity index (χ4n) is 7.21. The van der Waals surface area contributed by atoms with E-state index in [-0.39, 0.29) is 64.2 Å². The number of halogens is 3. The predicted molar refractivity (Wildman–Crippen MR) is 168 cm³/mol. The zero-order chi connectivity index (χ0) is 31.1. The van der Waals surface area contributed by atoms with Crippen LogP contribution in [0.5, 0.6) is 0 Å². The molecular weight excluding hydrogens is 612 g/mol. The molecule has 0 bridgehead atoms. The van der Waals surface area contributed by atoms with Crippen LogP contribution >= 0.6 is 23.1 Å². The summed E-state index contributed by atoms with van der Waals surface area (Å²) in [4.78, 5) is 50.4. The molecule has 8 nitrogen and oxygen atoms in total. The monoisotopic (exact) mass is 641 g/mol. The van der Waals surface area contributed by atoms with Crippen molar-refractivity contribution in [3.63, 3.8) is 0 Å². The lowest BCUT2D eigenvalue weighted by Gasteiger charge is -2.45. The second-order valence-corrected chi connectivity index (χ2v) is 14.1. The van der Waals surface area contributed by atoms with Gasteiger partial charge in [-0.25, -0.2) is 4.79 Å². The number of thiophene rings is 1. The van der Waals surface area contributed by atoms with E-state index in [0.29, 0.717) is 27.4 Å². The highest BCUT2D eigenvalue weighted by atomic mass is 32.2. The van der Waals surface area contributed by atoms with E-state index in [1.165, 1.54) is 35.4 Å². The van der Waals surface area contributed by atoms with Crippen molar-refractivity contribution in [1.29, 1.82) is 0 Å². The lowest BCUT2D eigenvalue weighted by molar-refractivity contribution is -0.137. The van der Waals surface area contributed by atoms with Crippen molar-refractivity contribution in [3.05, 3.63) is 62.8 Å². The Morgan fingerprint density at radius 3 is 2.57 bits per heavy atom. The second kappa shape index (κ2) is 10.2. The molecule has 0 radical (unpaired) electrons. The van der Waals surface area contributed by atoms with Gasteiger partial charge in [-0.1, -0.05) is 13.0 Å². The molecule has 1 aliphatic carbocycles. The molecule has 1 saturated heterocycles. The molecule has 2 aliphatic heterocycles. The SMILES string of the molecule is C=CC(=O)N1[C@H](C)CN(c2nc(=O)n3c4c(c(-c5csc6cc[nH]c(=O)c56)c(C(F)(F)F)cc24)SCC2(CCC2)C3)C[C@@H]1C. The van der Waals surface area contributed by atoms with E-state index in [4.69, 9.17) is 0 Å². The molecule has 13 heteroatoms. The van der Waals surface area contributed by atoms with Crippen LogP contribution in [-0.2, 0) is 17.5 Å². The maximum atomic E-state index is 15.1. The molecule has 1 saturated carbocycles. The number of anilines is 1. The third kappa shape index (κ3) is 4.41. The Bertz CT molecular complexity index is 1960. The van der Waals surface area contributed by atoms with Gasteiger partial charge in [0.2, 0.25) is 5.91 Å². The maximum Gasteiger partial charge on any atom is 0.417 e. The molecule has 1 aromatic carbocycles. The van der Waals surface area contributed by atoms with Gasteiger partial charge in [-0.05, 0) is 50.3 Å². The molecule has 2 fully saturated rings. The number of amides is 1. The van der Waals surface area contributed by atoms with Gasteiger partial charge >= 0.3 is 11.9 Å². The van der Waals surface area contributed by atoms with Crippen molar-refractivity contribution in [2.45, 2.75) is 62.8 Å². The van der Waals surface area contributed by atoms with Crippen LogP contribution in [0.15, 0.2) is 50.8 Å². The second-order valence-electron chi connectivity index (χ2n) is 12.2. The number of H-pyrrole nitrogens is 1. The Balaban J connectivity index is 1.54. The number of carbonyl (C=O) groups is 1. The molecule has 1 amide bonds. The van der Waals surface area contributed by atoms with Gasteiger partial charge in [0.15, 0.2) is 0 Å². The predicted octanol–water partition coefficient (Wildman–Crippen LogP) is 5.87. The minimum absolute atomic E-state index is 0.0669. The third-order valence-electron chi connectivity index (χ3n) is 9.35. The number of nitrogens with one attached hydrogen (secondary N) is 1. The van der Waals surface area contributed by atoms with Gasteiger partial charge in [0, 0.05) is 75.2 Å².